The van der Waals surface area contributed by atoms with E-state index in [2.05, 4.69) is 20.5 Å². The van der Waals surface area contributed by atoms with Gasteiger partial charge in [0.2, 0.25) is 0 Å². The summed E-state index contributed by atoms with van der Waals surface area (Å²) >= 11 is 0. The Kier molecular flexibility index (Phi) is 6.28. The molecule has 1 N–H and O–H groups in total. The summed E-state index contributed by atoms with van der Waals surface area (Å²) in [6, 6.07) is 15.1. The number of benzene rings is 3. The average Bonchev–Trinajstić information content (AvgIpc) is 2.77. The molecule has 0 aliphatic rings. The second-order valence-corrected chi connectivity index (χ2v) is 5.89. The van der Waals surface area contributed by atoms with Crippen molar-refractivity contribution in [3.05, 3.63) is 70.8 Å². The zero-order chi connectivity index (χ0) is 21.5. The molecule has 3 aromatic rings. The summed E-state index contributed by atoms with van der Waals surface area (Å²) in [5.41, 5.74) is 1.76. The molecule has 10 heteroatoms. The van der Waals surface area contributed by atoms with E-state index in [-0.39, 0.29) is 11.4 Å². The maximum absolute atomic E-state index is 10.7. The van der Waals surface area contributed by atoms with E-state index in [1.165, 1.54) is 50.6 Å². The Labute approximate surface area is 171 Å². The highest BCUT2D eigenvalue weighted by Crippen LogP contribution is 2.41. The zero-order valence-corrected chi connectivity index (χ0v) is 16.1. The number of non-ortho nitro benzene ring substituents is 1. The van der Waals surface area contributed by atoms with Gasteiger partial charge < -0.3 is 14.6 Å². The molecule has 0 bridgehead atoms. The lowest BCUT2D eigenvalue weighted by atomic mass is 10.2. The molecule has 0 saturated carbocycles. The molecule has 0 heterocycles. The third kappa shape index (κ3) is 4.93. The van der Waals surface area contributed by atoms with E-state index in [4.69, 9.17) is 9.47 Å². The predicted molar refractivity (Wildman–Crippen MR) is 109 cm³/mol. The molecule has 0 spiro atoms. The van der Waals surface area contributed by atoms with E-state index in [1.807, 2.05) is 0 Å². The van der Waals surface area contributed by atoms with Crippen molar-refractivity contribution >= 4 is 28.4 Å². The number of methoxy groups -OCH3 is 2. The molecular formula is C20H17N5O5. The summed E-state index contributed by atoms with van der Waals surface area (Å²) in [5.74, 6) is 0.924. The molecule has 0 aromatic heterocycles. The molecule has 3 rings (SSSR count). The van der Waals surface area contributed by atoms with Crippen LogP contribution in [-0.2, 0) is 0 Å². The highest BCUT2D eigenvalue weighted by molar-refractivity contribution is 5.66. The highest BCUT2D eigenvalue weighted by atomic mass is 16.6. The number of nitro groups is 1. The molecule has 152 valence electrons. The van der Waals surface area contributed by atoms with Crippen LogP contribution in [0.5, 0.6) is 17.2 Å². The van der Waals surface area contributed by atoms with E-state index in [0.29, 0.717) is 34.2 Å². The van der Waals surface area contributed by atoms with Crippen LogP contribution in [0.1, 0.15) is 0 Å². The monoisotopic (exact) mass is 407 g/mol. The minimum Gasteiger partial charge on any atom is -0.508 e. The molecule has 10 nitrogen and oxygen atoms in total. The lowest BCUT2D eigenvalue weighted by Gasteiger charge is -2.09. The summed E-state index contributed by atoms with van der Waals surface area (Å²) in [6.07, 6.45) is 0. The number of ether oxygens (including phenoxy) is 2. The van der Waals surface area contributed by atoms with Gasteiger partial charge in [-0.3, -0.25) is 10.1 Å². The number of aromatic hydroxyl groups is 1. The summed E-state index contributed by atoms with van der Waals surface area (Å²) in [7, 11) is 2.96. The normalized spacial score (nSPS) is 11.1. The lowest BCUT2D eigenvalue weighted by molar-refractivity contribution is -0.384. The molecule has 0 saturated heterocycles. The van der Waals surface area contributed by atoms with Crippen molar-refractivity contribution in [1.82, 2.24) is 0 Å². The van der Waals surface area contributed by atoms with E-state index in [0.717, 1.165) is 0 Å². The highest BCUT2D eigenvalue weighted by Gasteiger charge is 2.11. The Bertz CT molecular complexity index is 1100. The van der Waals surface area contributed by atoms with Gasteiger partial charge in [-0.15, -0.1) is 10.2 Å². The molecular weight excluding hydrogens is 390 g/mol. The van der Waals surface area contributed by atoms with Gasteiger partial charge in [-0.25, -0.2) is 0 Å². The number of hydrogen-bond donors (Lipinski definition) is 1. The van der Waals surface area contributed by atoms with Crippen LogP contribution in [0.15, 0.2) is 81.1 Å². The number of nitrogens with zero attached hydrogens (tertiary/aromatic N) is 5. The minimum atomic E-state index is -0.486. The van der Waals surface area contributed by atoms with Gasteiger partial charge in [0.15, 0.2) is 0 Å². The largest absolute Gasteiger partial charge is 0.508 e. The third-order valence-electron chi connectivity index (χ3n) is 3.94. The topological polar surface area (TPSA) is 131 Å². The average molecular weight is 407 g/mol. The first-order valence-electron chi connectivity index (χ1n) is 8.63. The molecule has 30 heavy (non-hydrogen) atoms. The Morgan fingerprint density at radius 1 is 0.767 bits per heavy atom. The van der Waals surface area contributed by atoms with Gasteiger partial charge in [0.1, 0.15) is 28.6 Å². The second kappa shape index (κ2) is 9.24. The third-order valence-corrected chi connectivity index (χ3v) is 3.94. The quantitative estimate of drug-likeness (QED) is 0.285. The Hall–Kier alpha value is -4.34. The summed E-state index contributed by atoms with van der Waals surface area (Å²) in [4.78, 5) is 10.2. The van der Waals surface area contributed by atoms with Crippen LogP contribution in [-0.4, -0.2) is 24.2 Å². The van der Waals surface area contributed by atoms with E-state index < -0.39 is 4.92 Å². The first kappa shape index (κ1) is 20.4. The molecule has 3 aromatic carbocycles. The van der Waals surface area contributed by atoms with Crippen molar-refractivity contribution in [2.45, 2.75) is 0 Å². The molecule has 0 amide bonds. The number of phenols is 1. The Morgan fingerprint density at radius 2 is 1.20 bits per heavy atom. The van der Waals surface area contributed by atoms with Crippen molar-refractivity contribution in [2.75, 3.05) is 14.2 Å². The van der Waals surface area contributed by atoms with Crippen LogP contribution < -0.4 is 9.47 Å². The predicted octanol–water partition coefficient (Wildman–Crippen LogP) is 6.15. The number of nitro benzene ring substituents is 1. The van der Waals surface area contributed by atoms with Crippen molar-refractivity contribution in [2.24, 2.45) is 20.5 Å². The van der Waals surface area contributed by atoms with Gasteiger partial charge >= 0.3 is 0 Å². The molecule has 0 aliphatic heterocycles. The number of rotatable bonds is 7. The molecule has 0 atom stereocenters. The smallest absolute Gasteiger partial charge is 0.269 e. The van der Waals surface area contributed by atoms with Gasteiger partial charge in [-0.1, -0.05) is 0 Å². The fourth-order valence-electron chi connectivity index (χ4n) is 2.41. The van der Waals surface area contributed by atoms with Crippen molar-refractivity contribution in [3.8, 4) is 17.2 Å². The van der Waals surface area contributed by atoms with Crippen LogP contribution in [0.25, 0.3) is 0 Å². The lowest BCUT2D eigenvalue weighted by Crippen LogP contribution is -1.88. The standard InChI is InChI=1S/C20H17N5O5/c1-29-19-12-18(24-22-14-5-9-16(26)10-6-14)20(30-2)11-17(19)23-21-13-3-7-15(8-4-13)25(27)28/h3-12,26H,1-2H3. The van der Waals surface area contributed by atoms with Gasteiger partial charge in [0.05, 0.1) is 30.5 Å². The van der Waals surface area contributed by atoms with E-state index in [9.17, 15) is 15.2 Å². The Balaban J connectivity index is 1.88. The van der Waals surface area contributed by atoms with Crippen LogP contribution >= 0.6 is 0 Å². The summed E-state index contributed by atoms with van der Waals surface area (Å²) in [5, 5.41) is 36.6. The minimum absolute atomic E-state index is 0.0310. The Morgan fingerprint density at radius 3 is 1.60 bits per heavy atom. The van der Waals surface area contributed by atoms with Crippen molar-refractivity contribution in [3.63, 3.8) is 0 Å². The summed E-state index contributed by atoms with van der Waals surface area (Å²) in [6.45, 7) is 0. The first-order chi connectivity index (χ1) is 14.5. The number of phenolic OH excluding ortho intramolecular Hbond substituents is 1. The molecule has 0 radical (unpaired) electrons. The van der Waals surface area contributed by atoms with Crippen molar-refractivity contribution < 1.29 is 19.5 Å². The van der Waals surface area contributed by atoms with Crippen molar-refractivity contribution in [1.29, 1.82) is 0 Å². The van der Waals surface area contributed by atoms with Crippen LogP contribution in [0.2, 0.25) is 0 Å². The fraction of sp³-hybridized carbons (Fsp3) is 0.100. The SMILES string of the molecule is COc1cc(N=Nc2ccc([N+](=O)[O-])cc2)c(OC)cc1N=Nc1ccc(O)cc1. The van der Waals surface area contributed by atoms with Crippen LogP contribution in [0.3, 0.4) is 0 Å². The molecule has 0 fully saturated rings. The van der Waals surface area contributed by atoms with Crippen LogP contribution in [0, 0.1) is 10.1 Å². The second-order valence-electron chi connectivity index (χ2n) is 5.89. The van der Waals surface area contributed by atoms with E-state index >= 15 is 0 Å². The molecule has 0 aliphatic carbocycles. The van der Waals surface area contributed by atoms with Crippen LogP contribution in [0.4, 0.5) is 28.4 Å². The maximum Gasteiger partial charge on any atom is 0.269 e. The summed E-state index contributed by atoms with van der Waals surface area (Å²) < 4.78 is 10.7. The van der Waals surface area contributed by atoms with Gasteiger partial charge in [0, 0.05) is 24.3 Å². The molecule has 0 unspecified atom stereocenters. The van der Waals surface area contributed by atoms with Gasteiger partial charge in [-0.05, 0) is 36.4 Å². The number of azo groups is 2. The van der Waals surface area contributed by atoms with E-state index in [1.54, 1.807) is 24.3 Å². The maximum atomic E-state index is 10.7. The zero-order valence-electron chi connectivity index (χ0n) is 16.1. The first-order valence-corrected chi connectivity index (χ1v) is 8.63. The number of hydrogen-bond acceptors (Lipinski definition) is 9. The van der Waals surface area contributed by atoms with Gasteiger partial charge in [-0.2, -0.15) is 10.2 Å². The fourth-order valence-corrected chi connectivity index (χ4v) is 2.41. The van der Waals surface area contributed by atoms with Gasteiger partial charge in [0.25, 0.3) is 5.69 Å².